The molecule has 0 radical (unpaired) electrons. The largest absolute Gasteiger partial charge is 0.0654 e. The third-order valence-electron chi connectivity index (χ3n) is 4.20. The van der Waals surface area contributed by atoms with Crippen LogP contribution in [0, 0.1) is 17.8 Å². The van der Waals surface area contributed by atoms with Gasteiger partial charge in [0.05, 0.1) is 0 Å². The highest BCUT2D eigenvalue weighted by Gasteiger charge is 2.09. The van der Waals surface area contributed by atoms with Crippen LogP contribution in [0.25, 0.3) is 0 Å². The lowest BCUT2D eigenvalue weighted by molar-refractivity contribution is 0.344. The average Bonchev–Trinajstić information content (AvgIpc) is 2.32. The Hall–Kier alpha value is 0. The molecule has 0 saturated carbocycles. The second kappa shape index (κ2) is 11.1. The summed E-state index contributed by atoms with van der Waals surface area (Å²) in [4.78, 5) is 0. The Kier molecular flexibility index (Phi) is 11.1. The van der Waals surface area contributed by atoms with Crippen LogP contribution in [0.15, 0.2) is 0 Å². The van der Waals surface area contributed by atoms with Gasteiger partial charge in [0.2, 0.25) is 0 Å². The van der Waals surface area contributed by atoms with Crippen molar-refractivity contribution < 1.29 is 0 Å². The van der Waals surface area contributed by atoms with Crippen molar-refractivity contribution in [2.24, 2.45) is 17.8 Å². The van der Waals surface area contributed by atoms with Gasteiger partial charge in [0, 0.05) is 0 Å². The van der Waals surface area contributed by atoms with E-state index < -0.39 is 0 Å². The molecule has 0 nitrogen and oxygen atoms in total. The summed E-state index contributed by atoms with van der Waals surface area (Å²) in [6.45, 7) is 11.9. The van der Waals surface area contributed by atoms with Crippen molar-refractivity contribution in [1.29, 1.82) is 0 Å². The molecule has 3 unspecified atom stereocenters. The Bertz CT molecular complexity index is 150. The second-order valence-electron chi connectivity index (χ2n) is 6.39. The first-order chi connectivity index (χ1) is 8.10. The van der Waals surface area contributed by atoms with Gasteiger partial charge in [0.25, 0.3) is 0 Å². The van der Waals surface area contributed by atoms with E-state index in [2.05, 4.69) is 34.6 Å². The second-order valence-corrected chi connectivity index (χ2v) is 6.39. The third-order valence-corrected chi connectivity index (χ3v) is 4.20. The molecule has 0 heteroatoms. The lowest BCUT2D eigenvalue weighted by atomic mass is 9.88. The maximum absolute atomic E-state index is 2.45. The Morgan fingerprint density at radius 1 is 0.647 bits per heavy atom. The van der Waals surface area contributed by atoms with Crippen LogP contribution in [0.5, 0.6) is 0 Å². The molecule has 0 aromatic heterocycles. The highest BCUT2D eigenvalue weighted by Crippen LogP contribution is 2.23. The van der Waals surface area contributed by atoms with Crippen LogP contribution < -0.4 is 0 Å². The summed E-state index contributed by atoms with van der Waals surface area (Å²) >= 11 is 0. The normalized spacial score (nSPS) is 16.8. The summed E-state index contributed by atoms with van der Waals surface area (Å²) in [7, 11) is 0. The highest BCUT2D eigenvalue weighted by molar-refractivity contribution is 4.62. The van der Waals surface area contributed by atoms with Crippen molar-refractivity contribution in [3.63, 3.8) is 0 Å². The number of rotatable bonds is 11. The molecule has 0 saturated heterocycles. The average molecular weight is 240 g/mol. The smallest absolute Gasteiger partial charge is 0.0440 e. The molecule has 0 bridgehead atoms. The van der Waals surface area contributed by atoms with E-state index in [0.717, 1.165) is 17.8 Å². The van der Waals surface area contributed by atoms with Crippen molar-refractivity contribution in [3.05, 3.63) is 0 Å². The summed E-state index contributed by atoms with van der Waals surface area (Å²) < 4.78 is 0. The van der Waals surface area contributed by atoms with Gasteiger partial charge >= 0.3 is 0 Å². The fourth-order valence-corrected chi connectivity index (χ4v) is 2.60. The summed E-state index contributed by atoms with van der Waals surface area (Å²) in [5, 5.41) is 0. The molecular weight excluding hydrogens is 204 g/mol. The SMILES string of the molecule is CCCCCCC(C)CCC(C)CC(C)CC. The van der Waals surface area contributed by atoms with Crippen molar-refractivity contribution in [1.82, 2.24) is 0 Å². The molecule has 0 aliphatic carbocycles. The summed E-state index contributed by atoms with van der Waals surface area (Å²) in [6, 6.07) is 0. The predicted octanol–water partition coefficient (Wildman–Crippen LogP) is 6.45. The van der Waals surface area contributed by atoms with Gasteiger partial charge in [0.1, 0.15) is 0 Å². The zero-order chi connectivity index (χ0) is 13.1. The molecule has 0 aliphatic rings. The molecule has 0 N–H and O–H groups in total. The lowest BCUT2D eigenvalue weighted by Crippen LogP contribution is -2.05. The van der Waals surface area contributed by atoms with E-state index in [1.54, 1.807) is 0 Å². The quantitative estimate of drug-likeness (QED) is 0.364. The molecule has 0 rings (SSSR count). The molecule has 3 atom stereocenters. The van der Waals surface area contributed by atoms with Crippen molar-refractivity contribution in [3.8, 4) is 0 Å². The molecule has 0 heterocycles. The Balaban J connectivity index is 3.45. The molecule has 17 heavy (non-hydrogen) atoms. The van der Waals surface area contributed by atoms with Crippen LogP contribution in [0.4, 0.5) is 0 Å². The Labute approximate surface area is 111 Å². The summed E-state index contributed by atoms with van der Waals surface area (Å²) in [5.41, 5.74) is 0. The van der Waals surface area contributed by atoms with Gasteiger partial charge in [-0.3, -0.25) is 0 Å². The van der Waals surface area contributed by atoms with Gasteiger partial charge in [-0.25, -0.2) is 0 Å². The van der Waals surface area contributed by atoms with E-state index in [1.807, 2.05) is 0 Å². The van der Waals surface area contributed by atoms with E-state index >= 15 is 0 Å². The maximum Gasteiger partial charge on any atom is -0.0440 e. The number of hydrogen-bond donors (Lipinski definition) is 0. The summed E-state index contributed by atoms with van der Waals surface area (Å²) in [6.07, 6.45) is 12.8. The van der Waals surface area contributed by atoms with E-state index in [0.29, 0.717) is 0 Å². The van der Waals surface area contributed by atoms with Gasteiger partial charge in [-0.15, -0.1) is 0 Å². The van der Waals surface area contributed by atoms with Crippen LogP contribution in [0.3, 0.4) is 0 Å². The molecule has 0 amide bonds. The van der Waals surface area contributed by atoms with Gasteiger partial charge in [-0.05, 0) is 24.2 Å². The van der Waals surface area contributed by atoms with Crippen LogP contribution in [0.1, 0.15) is 92.4 Å². The number of unbranched alkanes of at least 4 members (excludes halogenated alkanes) is 3. The molecule has 0 aromatic rings. The first kappa shape index (κ1) is 17.0. The standard InChI is InChI=1S/C17H36/c1-6-8-9-10-11-16(4)12-13-17(5)14-15(3)7-2/h15-17H,6-14H2,1-5H3. The van der Waals surface area contributed by atoms with Gasteiger partial charge < -0.3 is 0 Å². The minimum absolute atomic E-state index is 0.921. The Morgan fingerprint density at radius 3 is 1.88 bits per heavy atom. The van der Waals surface area contributed by atoms with Crippen molar-refractivity contribution in [2.45, 2.75) is 92.4 Å². The minimum Gasteiger partial charge on any atom is -0.0654 e. The highest BCUT2D eigenvalue weighted by atomic mass is 14.2. The molecule has 0 fully saturated rings. The fraction of sp³-hybridized carbons (Fsp3) is 1.00. The maximum atomic E-state index is 2.45. The van der Waals surface area contributed by atoms with Crippen LogP contribution in [-0.4, -0.2) is 0 Å². The van der Waals surface area contributed by atoms with Crippen molar-refractivity contribution in [2.75, 3.05) is 0 Å². The Morgan fingerprint density at radius 2 is 1.29 bits per heavy atom. The van der Waals surface area contributed by atoms with Crippen LogP contribution >= 0.6 is 0 Å². The first-order valence-electron chi connectivity index (χ1n) is 8.10. The molecule has 0 aliphatic heterocycles. The minimum atomic E-state index is 0.921. The van der Waals surface area contributed by atoms with Crippen molar-refractivity contribution >= 4 is 0 Å². The third kappa shape index (κ3) is 10.9. The molecule has 0 spiro atoms. The van der Waals surface area contributed by atoms with E-state index in [4.69, 9.17) is 0 Å². The van der Waals surface area contributed by atoms with E-state index in [-0.39, 0.29) is 0 Å². The van der Waals surface area contributed by atoms with Gasteiger partial charge in [-0.2, -0.15) is 0 Å². The first-order valence-corrected chi connectivity index (χ1v) is 8.10. The fourth-order valence-electron chi connectivity index (χ4n) is 2.60. The number of hydrogen-bond acceptors (Lipinski definition) is 0. The predicted molar refractivity (Wildman–Crippen MR) is 80.4 cm³/mol. The molecule has 104 valence electrons. The van der Waals surface area contributed by atoms with Crippen LogP contribution in [0.2, 0.25) is 0 Å². The van der Waals surface area contributed by atoms with E-state index in [9.17, 15) is 0 Å². The monoisotopic (exact) mass is 240 g/mol. The van der Waals surface area contributed by atoms with Gasteiger partial charge in [0.15, 0.2) is 0 Å². The van der Waals surface area contributed by atoms with Gasteiger partial charge in [-0.1, -0.05) is 86.0 Å². The lowest BCUT2D eigenvalue weighted by Gasteiger charge is -2.18. The zero-order valence-electron chi connectivity index (χ0n) is 13.1. The van der Waals surface area contributed by atoms with Crippen LogP contribution in [-0.2, 0) is 0 Å². The zero-order valence-corrected chi connectivity index (χ0v) is 13.1. The molecule has 0 aromatic carbocycles. The molecular formula is C17H36. The van der Waals surface area contributed by atoms with E-state index in [1.165, 1.54) is 57.8 Å². The summed E-state index contributed by atoms with van der Waals surface area (Å²) in [5.74, 6) is 2.80. The topological polar surface area (TPSA) is 0 Å².